The van der Waals surface area contributed by atoms with Crippen LogP contribution in [0.2, 0.25) is 0 Å². The number of hydrogen-bond donors (Lipinski definition) is 2. The first kappa shape index (κ1) is 15.0. The topological polar surface area (TPSA) is 71.1 Å². The Kier molecular flexibility index (Phi) is 5.11. The molecule has 0 aromatic carbocycles. The fraction of sp³-hybridized carbons (Fsp3) is 0.643. The number of nitrogens with one attached hydrogen (secondary N) is 2. The first-order valence-corrected chi connectivity index (χ1v) is 7.93. The van der Waals surface area contributed by atoms with Crippen LogP contribution in [0.4, 0.5) is 5.13 Å². The summed E-state index contributed by atoms with van der Waals surface area (Å²) in [6.45, 7) is 4.03. The Hall–Kier alpha value is -1.43. The van der Waals surface area contributed by atoms with Gasteiger partial charge in [0.1, 0.15) is 0 Å². The second-order valence-electron chi connectivity index (χ2n) is 5.19. The third-order valence-corrected chi connectivity index (χ3v) is 4.63. The molecule has 0 bridgehead atoms. The molecule has 2 rings (SSSR count). The lowest BCUT2D eigenvalue weighted by atomic mass is 9.89. The summed E-state index contributed by atoms with van der Waals surface area (Å²) in [5, 5.41) is 6.12. The standard InChI is InChI=1S/C14H21N3O2S/c1-3-10-4-5-11-12(8-10)20-14(16-11)17-13(19)6-7-15-9(2)18/h10H,3-8H2,1-2H3,(H,15,18)(H,16,17,19)/t10-/m1/s1. The van der Waals surface area contributed by atoms with Crippen molar-refractivity contribution in [1.82, 2.24) is 10.3 Å². The van der Waals surface area contributed by atoms with Crippen molar-refractivity contribution in [2.75, 3.05) is 11.9 Å². The van der Waals surface area contributed by atoms with Gasteiger partial charge >= 0.3 is 0 Å². The number of anilines is 1. The summed E-state index contributed by atoms with van der Waals surface area (Å²) in [7, 11) is 0. The van der Waals surface area contributed by atoms with Gasteiger partial charge in [0.2, 0.25) is 11.8 Å². The number of rotatable bonds is 5. The van der Waals surface area contributed by atoms with Crippen molar-refractivity contribution in [3.63, 3.8) is 0 Å². The van der Waals surface area contributed by atoms with Gasteiger partial charge in [0.25, 0.3) is 0 Å². The minimum Gasteiger partial charge on any atom is -0.356 e. The van der Waals surface area contributed by atoms with Gasteiger partial charge in [-0.1, -0.05) is 13.3 Å². The zero-order valence-corrected chi connectivity index (χ0v) is 12.8. The normalized spacial score (nSPS) is 17.4. The van der Waals surface area contributed by atoms with E-state index in [-0.39, 0.29) is 18.2 Å². The lowest BCUT2D eigenvalue weighted by Crippen LogP contribution is -2.25. The maximum atomic E-state index is 11.7. The Labute approximate surface area is 123 Å². The van der Waals surface area contributed by atoms with Crippen LogP contribution in [0.25, 0.3) is 0 Å². The van der Waals surface area contributed by atoms with Crippen LogP contribution in [-0.2, 0) is 22.4 Å². The molecular formula is C14H21N3O2S. The second-order valence-corrected chi connectivity index (χ2v) is 6.27. The van der Waals surface area contributed by atoms with Crippen LogP contribution >= 0.6 is 11.3 Å². The van der Waals surface area contributed by atoms with Crippen molar-refractivity contribution >= 4 is 28.3 Å². The van der Waals surface area contributed by atoms with Crippen LogP contribution in [0.15, 0.2) is 0 Å². The van der Waals surface area contributed by atoms with E-state index in [1.54, 1.807) is 11.3 Å². The predicted molar refractivity (Wildman–Crippen MR) is 79.9 cm³/mol. The number of hydrogen-bond acceptors (Lipinski definition) is 4. The monoisotopic (exact) mass is 295 g/mol. The van der Waals surface area contributed by atoms with Crippen molar-refractivity contribution in [2.45, 2.75) is 46.0 Å². The number of aryl methyl sites for hydroxylation is 1. The zero-order valence-electron chi connectivity index (χ0n) is 12.0. The summed E-state index contributed by atoms with van der Waals surface area (Å²) in [5.74, 6) is 0.538. The van der Waals surface area contributed by atoms with Crippen LogP contribution in [0.3, 0.4) is 0 Å². The van der Waals surface area contributed by atoms with E-state index in [0.717, 1.165) is 24.5 Å². The molecule has 2 amide bonds. The van der Waals surface area contributed by atoms with E-state index in [2.05, 4.69) is 22.5 Å². The summed E-state index contributed by atoms with van der Waals surface area (Å²) in [6.07, 6.45) is 4.79. The van der Waals surface area contributed by atoms with E-state index in [1.807, 2.05) is 0 Å². The van der Waals surface area contributed by atoms with Gasteiger partial charge in [-0.3, -0.25) is 9.59 Å². The van der Waals surface area contributed by atoms with E-state index < -0.39 is 0 Å². The maximum Gasteiger partial charge on any atom is 0.227 e. The lowest BCUT2D eigenvalue weighted by Gasteiger charge is -2.18. The van der Waals surface area contributed by atoms with Crippen LogP contribution in [0.1, 0.15) is 43.7 Å². The van der Waals surface area contributed by atoms with Crippen LogP contribution in [0, 0.1) is 5.92 Å². The summed E-state index contributed by atoms with van der Waals surface area (Å²) in [5.41, 5.74) is 1.15. The molecule has 0 fully saturated rings. The number of carbonyl (C=O) groups is 2. The fourth-order valence-corrected chi connectivity index (χ4v) is 3.52. The highest BCUT2D eigenvalue weighted by Crippen LogP contribution is 2.33. The average Bonchev–Trinajstić information content (AvgIpc) is 2.78. The van der Waals surface area contributed by atoms with Gasteiger partial charge in [0.05, 0.1) is 5.69 Å². The molecule has 0 saturated carbocycles. The van der Waals surface area contributed by atoms with E-state index >= 15 is 0 Å². The molecule has 2 N–H and O–H groups in total. The van der Waals surface area contributed by atoms with Gasteiger partial charge in [-0.05, 0) is 25.2 Å². The fourth-order valence-electron chi connectivity index (χ4n) is 2.38. The van der Waals surface area contributed by atoms with Gasteiger partial charge in [-0.2, -0.15) is 0 Å². The Bertz CT molecular complexity index is 499. The molecule has 0 aliphatic heterocycles. The quantitative estimate of drug-likeness (QED) is 0.874. The predicted octanol–water partition coefficient (Wildman–Crippen LogP) is 2.12. The number of fused-ring (bicyclic) bond motifs is 1. The van der Waals surface area contributed by atoms with Crippen molar-refractivity contribution < 1.29 is 9.59 Å². The molecule has 0 saturated heterocycles. The summed E-state index contributed by atoms with van der Waals surface area (Å²) >= 11 is 1.59. The second kappa shape index (κ2) is 6.83. The van der Waals surface area contributed by atoms with Crippen LogP contribution < -0.4 is 10.6 Å². The van der Waals surface area contributed by atoms with Gasteiger partial charge in [0, 0.05) is 24.8 Å². The third kappa shape index (κ3) is 4.03. The molecule has 0 radical (unpaired) electrons. The van der Waals surface area contributed by atoms with Crippen LogP contribution in [0.5, 0.6) is 0 Å². The lowest BCUT2D eigenvalue weighted by molar-refractivity contribution is -0.119. The SMILES string of the molecule is CC[C@@H]1CCc2nc(NC(=O)CCNC(C)=O)sc2C1. The minimum atomic E-state index is -0.117. The molecule has 0 unspecified atom stereocenters. The van der Waals surface area contributed by atoms with Crippen molar-refractivity contribution in [1.29, 1.82) is 0 Å². The molecule has 1 aliphatic rings. The summed E-state index contributed by atoms with van der Waals surface area (Å²) < 4.78 is 0. The van der Waals surface area contributed by atoms with E-state index in [9.17, 15) is 9.59 Å². The summed E-state index contributed by atoms with van der Waals surface area (Å²) in [4.78, 5) is 28.3. The average molecular weight is 295 g/mol. The Morgan fingerprint density at radius 2 is 2.25 bits per heavy atom. The highest BCUT2D eigenvalue weighted by molar-refractivity contribution is 7.15. The molecule has 1 atom stereocenters. The molecule has 1 aromatic heterocycles. The highest BCUT2D eigenvalue weighted by Gasteiger charge is 2.21. The molecule has 20 heavy (non-hydrogen) atoms. The molecule has 1 heterocycles. The maximum absolute atomic E-state index is 11.7. The van der Waals surface area contributed by atoms with Crippen molar-refractivity contribution in [2.24, 2.45) is 5.92 Å². The van der Waals surface area contributed by atoms with Gasteiger partial charge in [-0.25, -0.2) is 4.98 Å². The van der Waals surface area contributed by atoms with Crippen molar-refractivity contribution in [3.8, 4) is 0 Å². The first-order chi connectivity index (χ1) is 9.58. The molecular weight excluding hydrogens is 274 g/mol. The van der Waals surface area contributed by atoms with Crippen LogP contribution in [-0.4, -0.2) is 23.3 Å². The zero-order chi connectivity index (χ0) is 14.5. The summed E-state index contributed by atoms with van der Waals surface area (Å²) in [6, 6.07) is 0. The number of carbonyl (C=O) groups excluding carboxylic acids is 2. The minimum absolute atomic E-state index is 0.100. The van der Waals surface area contributed by atoms with E-state index in [1.165, 1.54) is 24.6 Å². The van der Waals surface area contributed by atoms with Crippen molar-refractivity contribution in [3.05, 3.63) is 10.6 Å². The molecule has 1 aliphatic carbocycles. The Balaban J connectivity index is 1.86. The Morgan fingerprint density at radius 3 is 2.95 bits per heavy atom. The number of nitrogens with zero attached hydrogens (tertiary/aromatic N) is 1. The first-order valence-electron chi connectivity index (χ1n) is 7.11. The van der Waals surface area contributed by atoms with E-state index in [4.69, 9.17) is 0 Å². The number of thiazole rings is 1. The molecule has 6 heteroatoms. The molecule has 1 aromatic rings. The third-order valence-electron chi connectivity index (χ3n) is 3.59. The molecule has 110 valence electrons. The smallest absolute Gasteiger partial charge is 0.227 e. The van der Waals surface area contributed by atoms with Gasteiger partial charge in [0.15, 0.2) is 5.13 Å². The molecule has 5 nitrogen and oxygen atoms in total. The molecule has 0 spiro atoms. The number of aromatic nitrogens is 1. The van der Waals surface area contributed by atoms with Gasteiger partial charge < -0.3 is 10.6 Å². The Morgan fingerprint density at radius 1 is 1.45 bits per heavy atom. The highest BCUT2D eigenvalue weighted by atomic mass is 32.1. The van der Waals surface area contributed by atoms with E-state index in [0.29, 0.717) is 11.7 Å². The van der Waals surface area contributed by atoms with Gasteiger partial charge in [-0.15, -0.1) is 11.3 Å². The number of amides is 2. The largest absolute Gasteiger partial charge is 0.356 e.